The van der Waals surface area contributed by atoms with Crippen LogP contribution in [0.15, 0.2) is 18.2 Å². The van der Waals surface area contributed by atoms with Gasteiger partial charge in [0.25, 0.3) is 0 Å². The number of methoxy groups -OCH3 is 1. The predicted molar refractivity (Wildman–Crippen MR) is 77.7 cm³/mol. The molecule has 0 radical (unpaired) electrons. The van der Waals surface area contributed by atoms with Crippen molar-refractivity contribution in [1.29, 1.82) is 0 Å². The molecule has 1 fully saturated rings. The summed E-state index contributed by atoms with van der Waals surface area (Å²) in [6, 6.07) is 5.35. The molecule has 1 aliphatic rings. The first-order valence-corrected chi connectivity index (χ1v) is 7.26. The third-order valence-corrected chi connectivity index (χ3v) is 4.36. The number of hydrogen-bond acceptors (Lipinski definition) is 3. The molecule has 0 amide bonds. The lowest BCUT2D eigenvalue weighted by molar-refractivity contribution is 0.0628. The first-order valence-electron chi connectivity index (χ1n) is 7.26. The van der Waals surface area contributed by atoms with E-state index in [0.29, 0.717) is 17.7 Å². The highest BCUT2D eigenvalue weighted by molar-refractivity contribution is 5.32. The Morgan fingerprint density at radius 1 is 1.50 bits per heavy atom. The minimum absolute atomic E-state index is 0.0385. The van der Waals surface area contributed by atoms with E-state index >= 15 is 0 Å². The highest BCUT2D eigenvalue weighted by Gasteiger charge is 2.41. The Hall–Kier alpha value is -1.13. The molecule has 2 atom stereocenters. The van der Waals surface area contributed by atoms with Gasteiger partial charge in [-0.2, -0.15) is 0 Å². The van der Waals surface area contributed by atoms with Gasteiger partial charge in [0, 0.05) is 18.6 Å². The monoisotopic (exact) mass is 281 g/mol. The van der Waals surface area contributed by atoms with E-state index in [0.717, 1.165) is 26.1 Å². The minimum atomic E-state index is -0.245. The van der Waals surface area contributed by atoms with Crippen molar-refractivity contribution in [3.8, 4) is 5.75 Å². The third kappa shape index (κ3) is 2.96. The van der Waals surface area contributed by atoms with Gasteiger partial charge in [0.15, 0.2) is 11.6 Å². The SMILES string of the molecule is CCNCC1(Cc2cccc(OC)c2F)CCOC1C. The van der Waals surface area contributed by atoms with Crippen molar-refractivity contribution in [2.45, 2.75) is 32.8 Å². The second kappa shape index (κ2) is 6.55. The topological polar surface area (TPSA) is 30.5 Å². The Balaban J connectivity index is 2.24. The second-order valence-corrected chi connectivity index (χ2v) is 5.52. The van der Waals surface area contributed by atoms with Crippen LogP contribution in [-0.2, 0) is 11.2 Å². The van der Waals surface area contributed by atoms with Crippen LogP contribution in [0.4, 0.5) is 4.39 Å². The van der Waals surface area contributed by atoms with E-state index in [-0.39, 0.29) is 17.3 Å². The maximum absolute atomic E-state index is 14.4. The fraction of sp³-hybridized carbons (Fsp3) is 0.625. The molecule has 1 aromatic rings. The van der Waals surface area contributed by atoms with E-state index in [1.165, 1.54) is 7.11 Å². The molecule has 0 saturated carbocycles. The van der Waals surface area contributed by atoms with E-state index in [1.54, 1.807) is 6.07 Å². The Morgan fingerprint density at radius 3 is 2.90 bits per heavy atom. The molecule has 0 aliphatic carbocycles. The summed E-state index contributed by atoms with van der Waals surface area (Å²) < 4.78 is 25.2. The molecule has 1 aromatic carbocycles. The molecular formula is C16H24FNO2. The van der Waals surface area contributed by atoms with Crippen LogP contribution >= 0.6 is 0 Å². The molecule has 1 heterocycles. The molecule has 1 N–H and O–H groups in total. The Morgan fingerprint density at radius 2 is 2.30 bits per heavy atom. The average molecular weight is 281 g/mol. The Kier molecular flexibility index (Phi) is 5.00. The number of nitrogens with one attached hydrogen (secondary N) is 1. The van der Waals surface area contributed by atoms with Gasteiger partial charge in [-0.15, -0.1) is 0 Å². The maximum atomic E-state index is 14.4. The molecule has 2 unspecified atom stereocenters. The molecule has 20 heavy (non-hydrogen) atoms. The van der Waals surface area contributed by atoms with E-state index in [2.05, 4.69) is 19.2 Å². The third-order valence-electron chi connectivity index (χ3n) is 4.36. The lowest BCUT2D eigenvalue weighted by atomic mass is 9.76. The molecular weight excluding hydrogens is 257 g/mol. The van der Waals surface area contributed by atoms with Gasteiger partial charge >= 0.3 is 0 Å². The summed E-state index contributed by atoms with van der Waals surface area (Å²) in [5, 5.41) is 3.40. The van der Waals surface area contributed by atoms with Crippen molar-refractivity contribution in [3.05, 3.63) is 29.6 Å². The summed E-state index contributed by atoms with van der Waals surface area (Å²) in [5.74, 6) is 0.0673. The van der Waals surface area contributed by atoms with Gasteiger partial charge in [0.05, 0.1) is 13.2 Å². The van der Waals surface area contributed by atoms with Crippen molar-refractivity contribution in [1.82, 2.24) is 5.32 Å². The van der Waals surface area contributed by atoms with Crippen LogP contribution in [0, 0.1) is 11.2 Å². The highest BCUT2D eigenvalue weighted by atomic mass is 19.1. The molecule has 2 rings (SSSR count). The minimum Gasteiger partial charge on any atom is -0.494 e. The predicted octanol–water partition coefficient (Wildman–Crippen LogP) is 2.78. The number of benzene rings is 1. The van der Waals surface area contributed by atoms with E-state index in [9.17, 15) is 4.39 Å². The normalized spacial score (nSPS) is 25.9. The van der Waals surface area contributed by atoms with Gasteiger partial charge < -0.3 is 14.8 Å². The van der Waals surface area contributed by atoms with Gasteiger partial charge in [0.2, 0.25) is 0 Å². The van der Waals surface area contributed by atoms with Crippen LogP contribution in [0.3, 0.4) is 0 Å². The van der Waals surface area contributed by atoms with Crippen molar-refractivity contribution in [3.63, 3.8) is 0 Å². The zero-order valence-electron chi connectivity index (χ0n) is 12.5. The lowest BCUT2D eigenvalue weighted by Gasteiger charge is -2.33. The van der Waals surface area contributed by atoms with E-state index < -0.39 is 0 Å². The van der Waals surface area contributed by atoms with Gasteiger partial charge in [-0.1, -0.05) is 19.1 Å². The van der Waals surface area contributed by atoms with Gasteiger partial charge in [-0.05, 0) is 37.9 Å². The van der Waals surface area contributed by atoms with Crippen molar-refractivity contribution in [2.24, 2.45) is 5.41 Å². The fourth-order valence-electron chi connectivity index (χ4n) is 2.95. The zero-order chi connectivity index (χ0) is 14.6. The van der Waals surface area contributed by atoms with Crippen LogP contribution in [0.5, 0.6) is 5.75 Å². The molecule has 0 aromatic heterocycles. The van der Waals surface area contributed by atoms with Gasteiger partial charge in [0.1, 0.15) is 0 Å². The number of halogens is 1. The molecule has 0 spiro atoms. The molecule has 1 saturated heterocycles. The zero-order valence-corrected chi connectivity index (χ0v) is 12.5. The summed E-state index contributed by atoms with van der Waals surface area (Å²) in [7, 11) is 1.50. The molecule has 112 valence electrons. The average Bonchev–Trinajstić information content (AvgIpc) is 2.80. The summed E-state index contributed by atoms with van der Waals surface area (Å²) in [6.45, 7) is 6.68. The Bertz CT molecular complexity index is 452. The van der Waals surface area contributed by atoms with Crippen molar-refractivity contribution in [2.75, 3.05) is 26.8 Å². The van der Waals surface area contributed by atoms with Gasteiger partial charge in [-0.25, -0.2) is 4.39 Å². The standard InChI is InChI=1S/C16H24FNO2/c1-4-18-11-16(8-9-20-12(16)2)10-13-6-5-7-14(19-3)15(13)17/h5-7,12,18H,4,8-11H2,1-3H3. The quantitative estimate of drug-likeness (QED) is 0.869. The van der Waals surface area contributed by atoms with Crippen LogP contribution in [-0.4, -0.2) is 32.9 Å². The highest BCUT2D eigenvalue weighted by Crippen LogP contribution is 2.39. The number of hydrogen-bond donors (Lipinski definition) is 1. The summed E-state index contributed by atoms with van der Waals surface area (Å²) in [6.07, 6.45) is 1.76. The van der Waals surface area contributed by atoms with Crippen molar-refractivity contribution >= 4 is 0 Å². The first kappa shape index (κ1) is 15.3. The number of ether oxygens (including phenoxy) is 2. The first-order chi connectivity index (χ1) is 9.63. The van der Waals surface area contributed by atoms with E-state index in [1.807, 2.05) is 12.1 Å². The molecule has 4 heteroatoms. The molecule has 0 bridgehead atoms. The second-order valence-electron chi connectivity index (χ2n) is 5.52. The van der Waals surface area contributed by atoms with Crippen LogP contribution in [0.1, 0.15) is 25.8 Å². The molecule has 1 aliphatic heterocycles. The van der Waals surface area contributed by atoms with Crippen LogP contribution < -0.4 is 10.1 Å². The van der Waals surface area contributed by atoms with Crippen LogP contribution in [0.2, 0.25) is 0 Å². The van der Waals surface area contributed by atoms with E-state index in [4.69, 9.17) is 9.47 Å². The summed E-state index contributed by atoms with van der Waals surface area (Å²) >= 11 is 0. The smallest absolute Gasteiger partial charge is 0.168 e. The lowest BCUT2D eigenvalue weighted by Crippen LogP contribution is -2.41. The summed E-state index contributed by atoms with van der Waals surface area (Å²) in [5.41, 5.74) is 0.669. The molecule has 3 nitrogen and oxygen atoms in total. The fourth-order valence-corrected chi connectivity index (χ4v) is 2.95. The van der Waals surface area contributed by atoms with Crippen molar-refractivity contribution < 1.29 is 13.9 Å². The van der Waals surface area contributed by atoms with Gasteiger partial charge in [-0.3, -0.25) is 0 Å². The number of rotatable bonds is 6. The maximum Gasteiger partial charge on any atom is 0.168 e. The summed E-state index contributed by atoms with van der Waals surface area (Å²) in [4.78, 5) is 0. The largest absolute Gasteiger partial charge is 0.494 e. The van der Waals surface area contributed by atoms with Crippen LogP contribution in [0.25, 0.3) is 0 Å². The Labute approximate surface area is 120 Å².